The summed E-state index contributed by atoms with van der Waals surface area (Å²) in [4.78, 5) is 7.32. The van der Waals surface area contributed by atoms with E-state index in [0.717, 1.165) is 25.3 Å². The largest absolute Gasteiger partial charge is 0.329 e. The zero-order valence-corrected chi connectivity index (χ0v) is 14.7. The van der Waals surface area contributed by atoms with Crippen molar-refractivity contribution in [1.29, 1.82) is 0 Å². The lowest BCUT2D eigenvalue weighted by Crippen LogP contribution is -2.19. The molecular weight excluding hydrogens is 272 g/mol. The molecule has 0 amide bonds. The highest BCUT2D eigenvalue weighted by Gasteiger charge is 2.17. The lowest BCUT2D eigenvalue weighted by atomic mass is 10.0. The van der Waals surface area contributed by atoms with Gasteiger partial charge in [-0.25, -0.2) is 4.99 Å². The van der Waals surface area contributed by atoms with Crippen molar-refractivity contribution < 1.29 is 0 Å². The molecular formula is C18H32N4. The maximum Gasteiger partial charge on any atom is 0.137 e. The van der Waals surface area contributed by atoms with Crippen LogP contribution in [0, 0.1) is 12.8 Å². The quantitative estimate of drug-likeness (QED) is 0.846. The Balaban J connectivity index is 2.34. The normalized spacial score (nSPS) is 21.5. The summed E-state index contributed by atoms with van der Waals surface area (Å²) in [6.45, 7) is 7.05. The van der Waals surface area contributed by atoms with Gasteiger partial charge in [-0.2, -0.15) is 0 Å². The average molecular weight is 304 g/mol. The fourth-order valence-corrected chi connectivity index (χ4v) is 3.25. The summed E-state index contributed by atoms with van der Waals surface area (Å²) in [7, 11) is 4.23. The Hall–Kier alpha value is -1.13. The number of aryl methyl sites for hydroxylation is 1. The zero-order valence-electron chi connectivity index (χ0n) is 14.7. The summed E-state index contributed by atoms with van der Waals surface area (Å²) in [5, 5.41) is 0. The predicted molar refractivity (Wildman–Crippen MR) is 95.0 cm³/mol. The monoisotopic (exact) mass is 304 g/mol. The molecule has 4 nitrogen and oxygen atoms in total. The van der Waals surface area contributed by atoms with Crippen LogP contribution in [0.1, 0.15) is 50.3 Å². The standard InChI is InChI=1S/C18H32N4/c1-14-8-6-5-7-9-17(14)20-18-16(13-19)12-15(2)22(18)11-10-21(3)4/h12,14H,5-11,13,19H2,1-4H3. The Morgan fingerprint density at radius 2 is 2.09 bits per heavy atom. The van der Waals surface area contributed by atoms with Crippen molar-refractivity contribution in [3.05, 3.63) is 17.3 Å². The minimum Gasteiger partial charge on any atom is -0.329 e. The number of likely N-dealkylation sites (N-methyl/N-ethyl adjacent to an activating group) is 1. The molecule has 4 heteroatoms. The summed E-state index contributed by atoms with van der Waals surface area (Å²) < 4.78 is 2.34. The van der Waals surface area contributed by atoms with Crippen molar-refractivity contribution in [2.75, 3.05) is 20.6 Å². The van der Waals surface area contributed by atoms with E-state index in [4.69, 9.17) is 10.7 Å². The third kappa shape index (κ3) is 4.20. The molecule has 1 heterocycles. The smallest absolute Gasteiger partial charge is 0.137 e. The lowest BCUT2D eigenvalue weighted by Gasteiger charge is -2.16. The van der Waals surface area contributed by atoms with E-state index < -0.39 is 0 Å². The van der Waals surface area contributed by atoms with Crippen LogP contribution in [0.15, 0.2) is 11.1 Å². The summed E-state index contributed by atoms with van der Waals surface area (Å²) in [6.07, 6.45) is 6.37. The topological polar surface area (TPSA) is 46.5 Å². The first kappa shape index (κ1) is 17.2. The van der Waals surface area contributed by atoms with Gasteiger partial charge < -0.3 is 15.2 Å². The minimum atomic E-state index is 0.566. The van der Waals surface area contributed by atoms with E-state index in [2.05, 4.69) is 43.5 Å². The third-order valence-corrected chi connectivity index (χ3v) is 4.73. The van der Waals surface area contributed by atoms with Crippen LogP contribution in [0.25, 0.3) is 0 Å². The second-order valence-electron chi connectivity index (χ2n) is 6.90. The molecule has 1 aliphatic rings. The fraction of sp³-hybridized carbons (Fsp3) is 0.722. The van der Waals surface area contributed by atoms with E-state index in [1.807, 2.05) is 0 Å². The van der Waals surface area contributed by atoms with Crippen LogP contribution in [0.5, 0.6) is 0 Å². The van der Waals surface area contributed by atoms with Crippen LogP contribution >= 0.6 is 0 Å². The summed E-state index contributed by atoms with van der Waals surface area (Å²) >= 11 is 0. The van der Waals surface area contributed by atoms with E-state index in [1.54, 1.807) is 0 Å². The van der Waals surface area contributed by atoms with E-state index in [-0.39, 0.29) is 0 Å². The molecule has 1 fully saturated rings. The van der Waals surface area contributed by atoms with Gasteiger partial charge in [0.05, 0.1) is 0 Å². The van der Waals surface area contributed by atoms with Crippen LogP contribution in [-0.2, 0) is 13.1 Å². The van der Waals surface area contributed by atoms with Gasteiger partial charge >= 0.3 is 0 Å². The molecule has 0 aliphatic heterocycles. The number of rotatable bonds is 5. The Kier molecular flexibility index (Phi) is 6.21. The average Bonchev–Trinajstić information content (AvgIpc) is 2.62. The number of hydrogen-bond acceptors (Lipinski definition) is 3. The first-order valence-corrected chi connectivity index (χ1v) is 8.64. The molecule has 0 saturated heterocycles. The fourth-order valence-electron chi connectivity index (χ4n) is 3.25. The van der Waals surface area contributed by atoms with Crippen molar-refractivity contribution in [1.82, 2.24) is 9.47 Å². The molecule has 1 atom stereocenters. The third-order valence-electron chi connectivity index (χ3n) is 4.73. The summed E-state index contributed by atoms with van der Waals surface area (Å²) in [5.74, 6) is 1.70. The minimum absolute atomic E-state index is 0.566. The highest BCUT2D eigenvalue weighted by Crippen LogP contribution is 2.28. The van der Waals surface area contributed by atoms with Gasteiger partial charge in [0.2, 0.25) is 0 Å². The van der Waals surface area contributed by atoms with Gasteiger partial charge in [-0.3, -0.25) is 0 Å². The van der Waals surface area contributed by atoms with Crippen LogP contribution in [0.3, 0.4) is 0 Å². The molecule has 1 aliphatic carbocycles. The maximum absolute atomic E-state index is 5.97. The van der Waals surface area contributed by atoms with Gasteiger partial charge in [0.15, 0.2) is 0 Å². The van der Waals surface area contributed by atoms with Crippen LogP contribution in [-0.4, -0.2) is 35.8 Å². The van der Waals surface area contributed by atoms with Crippen molar-refractivity contribution in [2.24, 2.45) is 16.6 Å². The van der Waals surface area contributed by atoms with Crippen molar-refractivity contribution >= 4 is 11.5 Å². The van der Waals surface area contributed by atoms with Crippen LogP contribution < -0.4 is 5.73 Å². The maximum atomic E-state index is 5.97. The molecule has 1 aromatic rings. The molecule has 0 spiro atoms. The van der Waals surface area contributed by atoms with Crippen LogP contribution in [0.2, 0.25) is 0 Å². The summed E-state index contributed by atoms with van der Waals surface area (Å²) in [6, 6.07) is 2.20. The molecule has 1 aromatic heterocycles. The molecule has 2 rings (SSSR count). The van der Waals surface area contributed by atoms with Gasteiger partial charge in [-0.15, -0.1) is 0 Å². The number of nitrogens with two attached hydrogens (primary N) is 1. The molecule has 22 heavy (non-hydrogen) atoms. The molecule has 1 unspecified atom stereocenters. The summed E-state index contributed by atoms with van der Waals surface area (Å²) in [5.41, 5.74) is 9.79. The van der Waals surface area contributed by atoms with E-state index in [9.17, 15) is 0 Å². The lowest BCUT2D eigenvalue weighted by molar-refractivity contribution is 0.383. The van der Waals surface area contributed by atoms with Gasteiger partial charge in [0.25, 0.3) is 0 Å². The van der Waals surface area contributed by atoms with Crippen molar-refractivity contribution in [2.45, 2.75) is 59.0 Å². The molecule has 2 N–H and O–H groups in total. The predicted octanol–water partition coefficient (Wildman–Crippen LogP) is 3.49. The SMILES string of the molecule is Cc1cc(CN)c(N=C2CCCCCC2C)n1CCN(C)C. The van der Waals surface area contributed by atoms with Gasteiger partial charge in [0, 0.05) is 36.6 Å². The Bertz CT molecular complexity index is 513. The van der Waals surface area contributed by atoms with E-state index in [0.29, 0.717) is 12.5 Å². The molecule has 124 valence electrons. The number of aromatic nitrogens is 1. The molecule has 0 bridgehead atoms. The Morgan fingerprint density at radius 3 is 2.77 bits per heavy atom. The van der Waals surface area contributed by atoms with Gasteiger partial charge in [-0.05, 0) is 52.3 Å². The molecule has 1 saturated carbocycles. The zero-order chi connectivity index (χ0) is 16.1. The van der Waals surface area contributed by atoms with Gasteiger partial charge in [-0.1, -0.05) is 19.8 Å². The Labute approximate surface area is 135 Å². The number of aliphatic imine (C=N–C) groups is 1. The number of nitrogens with zero attached hydrogens (tertiary/aromatic N) is 3. The Morgan fingerprint density at radius 1 is 1.32 bits per heavy atom. The first-order chi connectivity index (χ1) is 10.5. The van der Waals surface area contributed by atoms with Gasteiger partial charge in [0.1, 0.15) is 5.82 Å². The molecule has 0 aromatic carbocycles. The highest BCUT2D eigenvalue weighted by atomic mass is 15.1. The van der Waals surface area contributed by atoms with E-state index >= 15 is 0 Å². The second-order valence-corrected chi connectivity index (χ2v) is 6.90. The van der Waals surface area contributed by atoms with E-state index in [1.165, 1.54) is 42.7 Å². The second kappa shape index (κ2) is 7.93. The van der Waals surface area contributed by atoms with Crippen LogP contribution in [0.4, 0.5) is 5.82 Å². The van der Waals surface area contributed by atoms with Crippen molar-refractivity contribution in [3.63, 3.8) is 0 Å². The first-order valence-electron chi connectivity index (χ1n) is 8.64. The molecule has 0 radical (unpaired) electrons. The van der Waals surface area contributed by atoms with Crippen molar-refractivity contribution in [3.8, 4) is 0 Å². The highest BCUT2D eigenvalue weighted by molar-refractivity contribution is 5.89. The number of hydrogen-bond donors (Lipinski definition) is 1.